The van der Waals surface area contributed by atoms with Gasteiger partial charge in [0.1, 0.15) is 6.10 Å². The zero-order valence-corrected chi connectivity index (χ0v) is 12.4. The Balaban J connectivity index is 3.35. The zero-order chi connectivity index (χ0) is 14.3. The number of hydrogen-bond donors (Lipinski definition) is 2. The van der Waals surface area contributed by atoms with E-state index < -0.39 is 6.10 Å². The quantitative estimate of drug-likeness (QED) is 0.339. The van der Waals surface area contributed by atoms with Gasteiger partial charge in [-0.25, -0.2) is 0 Å². The van der Waals surface area contributed by atoms with Crippen LogP contribution in [0.5, 0.6) is 0 Å². The molecule has 0 aliphatic heterocycles. The van der Waals surface area contributed by atoms with E-state index in [1.807, 2.05) is 0 Å². The van der Waals surface area contributed by atoms with E-state index in [0.29, 0.717) is 6.42 Å². The molecule has 2 N–H and O–H groups in total. The van der Waals surface area contributed by atoms with E-state index in [-0.39, 0.29) is 6.10 Å². The fraction of sp³-hybridized carbons (Fsp3) is 0.765. The van der Waals surface area contributed by atoms with E-state index in [2.05, 4.69) is 25.3 Å². The predicted octanol–water partition coefficient (Wildman–Crippen LogP) is 3.82. The first-order valence-corrected chi connectivity index (χ1v) is 7.67. The van der Waals surface area contributed by atoms with Crippen LogP contribution in [0.3, 0.4) is 0 Å². The Morgan fingerprint density at radius 2 is 1.58 bits per heavy atom. The fourth-order valence-corrected chi connectivity index (χ4v) is 1.96. The molecule has 0 aromatic heterocycles. The monoisotopic (exact) mass is 266 g/mol. The largest absolute Gasteiger partial charge is 0.392 e. The molecule has 0 aliphatic carbocycles. The van der Waals surface area contributed by atoms with Gasteiger partial charge in [0.15, 0.2) is 0 Å². The maximum absolute atomic E-state index is 9.70. The van der Waals surface area contributed by atoms with Gasteiger partial charge in [-0.15, -0.1) is 0 Å². The van der Waals surface area contributed by atoms with Crippen molar-refractivity contribution >= 4 is 0 Å². The molecule has 0 amide bonds. The van der Waals surface area contributed by atoms with Crippen LogP contribution in [0.15, 0.2) is 12.7 Å². The second kappa shape index (κ2) is 13.6. The van der Waals surface area contributed by atoms with Crippen LogP contribution in [-0.2, 0) is 0 Å². The molecule has 2 unspecified atom stereocenters. The van der Waals surface area contributed by atoms with Gasteiger partial charge < -0.3 is 10.2 Å². The SMILES string of the molecule is C=CC(O)C#CCC(O)CCCCCCCCCC. The van der Waals surface area contributed by atoms with Crippen molar-refractivity contribution in [1.82, 2.24) is 0 Å². The van der Waals surface area contributed by atoms with Crippen molar-refractivity contribution in [3.63, 3.8) is 0 Å². The Bertz CT molecular complexity index is 262. The molecular weight excluding hydrogens is 236 g/mol. The van der Waals surface area contributed by atoms with Crippen molar-refractivity contribution in [2.75, 3.05) is 0 Å². The van der Waals surface area contributed by atoms with Crippen molar-refractivity contribution in [3.05, 3.63) is 12.7 Å². The number of aliphatic hydroxyl groups is 2. The van der Waals surface area contributed by atoms with Crippen molar-refractivity contribution < 1.29 is 10.2 Å². The summed E-state index contributed by atoms with van der Waals surface area (Å²) < 4.78 is 0. The third-order valence-corrected chi connectivity index (χ3v) is 3.20. The van der Waals surface area contributed by atoms with Crippen LogP contribution >= 0.6 is 0 Å². The molecule has 2 heteroatoms. The molecule has 2 nitrogen and oxygen atoms in total. The molecule has 0 spiro atoms. The van der Waals surface area contributed by atoms with Gasteiger partial charge in [-0.05, 0) is 6.42 Å². The van der Waals surface area contributed by atoms with Gasteiger partial charge in [0.05, 0.1) is 6.10 Å². The Labute approximate surface area is 118 Å². The molecule has 0 saturated heterocycles. The van der Waals surface area contributed by atoms with Gasteiger partial charge in [0, 0.05) is 6.42 Å². The highest BCUT2D eigenvalue weighted by Gasteiger charge is 2.01. The van der Waals surface area contributed by atoms with E-state index >= 15 is 0 Å². The minimum Gasteiger partial charge on any atom is -0.392 e. The minimum atomic E-state index is -0.768. The van der Waals surface area contributed by atoms with Crippen molar-refractivity contribution in [2.24, 2.45) is 0 Å². The Hall–Kier alpha value is -0.780. The third-order valence-electron chi connectivity index (χ3n) is 3.20. The molecule has 0 aliphatic rings. The lowest BCUT2D eigenvalue weighted by molar-refractivity contribution is 0.166. The summed E-state index contributed by atoms with van der Waals surface area (Å²) in [5, 5.41) is 18.8. The molecule has 0 heterocycles. The highest BCUT2D eigenvalue weighted by Crippen LogP contribution is 2.11. The van der Waals surface area contributed by atoms with E-state index in [0.717, 1.165) is 12.8 Å². The summed E-state index contributed by atoms with van der Waals surface area (Å²) in [7, 11) is 0. The van der Waals surface area contributed by atoms with Crippen LogP contribution in [0.1, 0.15) is 71.1 Å². The summed E-state index contributed by atoms with van der Waals surface area (Å²) in [5.74, 6) is 5.41. The maximum atomic E-state index is 9.70. The molecule has 0 aromatic rings. The summed E-state index contributed by atoms with van der Waals surface area (Å²) in [6.45, 7) is 5.67. The summed E-state index contributed by atoms with van der Waals surface area (Å²) in [6.07, 6.45) is 11.8. The fourth-order valence-electron chi connectivity index (χ4n) is 1.96. The number of unbranched alkanes of at least 4 members (excludes halogenated alkanes) is 7. The molecule has 0 radical (unpaired) electrons. The van der Waals surface area contributed by atoms with Crippen molar-refractivity contribution in [3.8, 4) is 11.8 Å². The molecule has 0 bridgehead atoms. The lowest BCUT2D eigenvalue weighted by Gasteiger charge is -2.06. The first kappa shape index (κ1) is 18.2. The molecule has 19 heavy (non-hydrogen) atoms. The standard InChI is InChI=1S/C17H30O2/c1-3-5-6-7-8-9-10-11-13-17(19)15-12-14-16(18)4-2/h4,16-19H,2-3,5-11,13,15H2,1H3. The van der Waals surface area contributed by atoms with E-state index in [9.17, 15) is 5.11 Å². The summed E-state index contributed by atoms with van der Waals surface area (Å²) >= 11 is 0. The molecule has 0 rings (SSSR count). The van der Waals surface area contributed by atoms with Crippen molar-refractivity contribution in [1.29, 1.82) is 0 Å². The second-order valence-electron chi connectivity index (χ2n) is 5.12. The summed E-state index contributed by atoms with van der Waals surface area (Å²) in [5.41, 5.74) is 0. The normalized spacial score (nSPS) is 13.4. The van der Waals surface area contributed by atoms with Gasteiger partial charge >= 0.3 is 0 Å². The zero-order valence-electron chi connectivity index (χ0n) is 12.4. The van der Waals surface area contributed by atoms with Crippen LogP contribution in [0.25, 0.3) is 0 Å². The topological polar surface area (TPSA) is 40.5 Å². The maximum Gasteiger partial charge on any atom is 0.133 e. The first-order valence-electron chi connectivity index (χ1n) is 7.67. The molecule has 0 fully saturated rings. The lowest BCUT2D eigenvalue weighted by Crippen LogP contribution is -2.05. The van der Waals surface area contributed by atoms with E-state index in [4.69, 9.17) is 5.11 Å². The van der Waals surface area contributed by atoms with Crippen LogP contribution in [-0.4, -0.2) is 22.4 Å². The average molecular weight is 266 g/mol. The lowest BCUT2D eigenvalue weighted by atomic mass is 10.0. The van der Waals surface area contributed by atoms with Gasteiger partial charge in [-0.1, -0.05) is 82.8 Å². The molecule has 110 valence electrons. The highest BCUT2D eigenvalue weighted by atomic mass is 16.3. The van der Waals surface area contributed by atoms with Gasteiger partial charge in [-0.2, -0.15) is 0 Å². The van der Waals surface area contributed by atoms with E-state index in [1.165, 1.54) is 51.0 Å². The van der Waals surface area contributed by atoms with Crippen LogP contribution in [0.4, 0.5) is 0 Å². The Morgan fingerprint density at radius 1 is 1.00 bits per heavy atom. The minimum absolute atomic E-state index is 0.357. The van der Waals surface area contributed by atoms with Crippen LogP contribution in [0, 0.1) is 11.8 Å². The highest BCUT2D eigenvalue weighted by molar-refractivity contribution is 5.10. The predicted molar refractivity (Wildman–Crippen MR) is 81.8 cm³/mol. The van der Waals surface area contributed by atoms with Crippen LogP contribution in [0.2, 0.25) is 0 Å². The van der Waals surface area contributed by atoms with Gasteiger partial charge in [-0.3, -0.25) is 0 Å². The molecule has 0 saturated carbocycles. The third kappa shape index (κ3) is 13.5. The van der Waals surface area contributed by atoms with Gasteiger partial charge in [0.2, 0.25) is 0 Å². The average Bonchev–Trinajstić information content (AvgIpc) is 2.41. The smallest absolute Gasteiger partial charge is 0.133 e. The number of rotatable bonds is 11. The molecule has 2 atom stereocenters. The number of aliphatic hydroxyl groups excluding tert-OH is 2. The summed E-state index contributed by atoms with van der Waals surface area (Å²) in [6, 6.07) is 0. The van der Waals surface area contributed by atoms with E-state index in [1.54, 1.807) is 0 Å². The van der Waals surface area contributed by atoms with Crippen molar-refractivity contribution in [2.45, 2.75) is 83.3 Å². The van der Waals surface area contributed by atoms with Gasteiger partial charge in [0.25, 0.3) is 0 Å². The first-order chi connectivity index (χ1) is 9.20. The Kier molecular flexibility index (Phi) is 13.1. The summed E-state index contributed by atoms with van der Waals surface area (Å²) in [4.78, 5) is 0. The molecular formula is C17H30O2. The molecule has 0 aromatic carbocycles. The second-order valence-corrected chi connectivity index (χ2v) is 5.12. The van der Waals surface area contributed by atoms with Crippen LogP contribution < -0.4 is 0 Å². The number of hydrogen-bond acceptors (Lipinski definition) is 2. The Morgan fingerprint density at radius 3 is 2.16 bits per heavy atom.